The van der Waals surface area contributed by atoms with E-state index in [1.807, 2.05) is 0 Å². The van der Waals surface area contributed by atoms with E-state index in [1.165, 1.54) is 6.07 Å². The lowest BCUT2D eigenvalue weighted by atomic mass is 10.2. The molecule has 0 bridgehead atoms. The van der Waals surface area contributed by atoms with E-state index in [1.54, 1.807) is 31.0 Å². The highest BCUT2D eigenvalue weighted by atomic mass is 35.5. The third-order valence-electron chi connectivity index (χ3n) is 2.52. The highest BCUT2D eigenvalue weighted by Gasteiger charge is 2.21. The molecule has 0 atom stereocenters. The SMILES string of the molecule is CCOC(=O)CCN(C)c1cccc(Cl)c1[N+](=O)[O-]. The molecule has 0 amide bonds. The number of nitro groups is 1. The second kappa shape index (κ2) is 6.94. The molecule has 7 heteroatoms. The van der Waals surface area contributed by atoms with E-state index < -0.39 is 4.92 Å². The Morgan fingerprint density at radius 1 is 1.53 bits per heavy atom. The van der Waals surface area contributed by atoms with E-state index in [2.05, 4.69) is 0 Å². The molecule has 0 aromatic heterocycles. The summed E-state index contributed by atoms with van der Waals surface area (Å²) in [6, 6.07) is 4.68. The summed E-state index contributed by atoms with van der Waals surface area (Å²) in [6.45, 7) is 2.36. The number of nitrogens with zero attached hydrogens (tertiary/aromatic N) is 2. The number of carbonyl (C=O) groups excluding carboxylic acids is 1. The predicted octanol–water partition coefficient (Wildman–Crippen LogP) is 2.64. The van der Waals surface area contributed by atoms with E-state index in [4.69, 9.17) is 16.3 Å². The molecular formula is C12H15ClN2O4. The number of para-hydroxylation sites is 1. The largest absolute Gasteiger partial charge is 0.466 e. The third-order valence-corrected chi connectivity index (χ3v) is 2.82. The normalized spacial score (nSPS) is 10.1. The van der Waals surface area contributed by atoms with Crippen molar-refractivity contribution in [2.75, 3.05) is 25.1 Å². The van der Waals surface area contributed by atoms with Crippen molar-refractivity contribution in [2.45, 2.75) is 13.3 Å². The lowest BCUT2D eigenvalue weighted by Crippen LogP contribution is -2.22. The van der Waals surface area contributed by atoms with E-state index in [-0.39, 0.29) is 23.1 Å². The second-order valence-corrected chi connectivity index (χ2v) is 4.25. The molecule has 0 saturated carbocycles. The fraction of sp³-hybridized carbons (Fsp3) is 0.417. The summed E-state index contributed by atoms with van der Waals surface area (Å²) >= 11 is 5.82. The van der Waals surface area contributed by atoms with E-state index in [0.717, 1.165) is 0 Å². The summed E-state index contributed by atoms with van der Waals surface area (Å²) in [7, 11) is 1.66. The number of esters is 1. The lowest BCUT2D eigenvalue weighted by molar-refractivity contribution is -0.384. The van der Waals surface area contributed by atoms with Crippen LogP contribution in [0.25, 0.3) is 0 Å². The summed E-state index contributed by atoms with van der Waals surface area (Å²) in [6.07, 6.45) is 0.161. The van der Waals surface area contributed by atoms with E-state index in [9.17, 15) is 14.9 Å². The standard InChI is InChI=1S/C12H15ClN2O4/c1-3-19-11(16)7-8-14(2)10-6-4-5-9(13)12(10)15(17)18/h4-6H,3,7-8H2,1-2H3. The molecule has 1 aromatic carbocycles. The topological polar surface area (TPSA) is 72.7 Å². The lowest BCUT2D eigenvalue weighted by Gasteiger charge is -2.18. The number of anilines is 1. The van der Waals surface area contributed by atoms with Crippen LogP contribution < -0.4 is 4.90 Å². The first-order chi connectivity index (χ1) is 8.97. The summed E-state index contributed by atoms with van der Waals surface area (Å²) in [5, 5.41) is 11.1. The van der Waals surface area contributed by atoms with Crippen molar-refractivity contribution in [2.24, 2.45) is 0 Å². The number of halogens is 1. The quantitative estimate of drug-likeness (QED) is 0.457. The zero-order valence-electron chi connectivity index (χ0n) is 10.8. The van der Waals surface area contributed by atoms with E-state index >= 15 is 0 Å². The second-order valence-electron chi connectivity index (χ2n) is 3.84. The summed E-state index contributed by atoms with van der Waals surface area (Å²) in [5.74, 6) is -0.334. The first kappa shape index (κ1) is 15.2. The van der Waals surface area contributed by atoms with Gasteiger partial charge in [-0.2, -0.15) is 0 Å². The van der Waals surface area contributed by atoms with Crippen LogP contribution in [0, 0.1) is 10.1 Å². The smallest absolute Gasteiger partial charge is 0.310 e. The maximum atomic E-state index is 11.3. The Morgan fingerprint density at radius 2 is 2.21 bits per heavy atom. The molecule has 0 heterocycles. The first-order valence-electron chi connectivity index (χ1n) is 5.77. The molecule has 0 aliphatic carbocycles. The summed E-state index contributed by atoms with van der Waals surface area (Å²) in [5.41, 5.74) is 0.220. The van der Waals surface area contributed by atoms with Gasteiger partial charge in [0.25, 0.3) is 0 Å². The van der Waals surface area contributed by atoms with Gasteiger partial charge in [0.15, 0.2) is 0 Å². The van der Waals surface area contributed by atoms with Gasteiger partial charge < -0.3 is 9.64 Å². The highest BCUT2D eigenvalue weighted by Crippen LogP contribution is 2.34. The number of nitro benzene ring substituents is 1. The van der Waals surface area contributed by atoms with Crippen LogP contribution in [-0.2, 0) is 9.53 Å². The minimum Gasteiger partial charge on any atom is -0.466 e. The van der Waals surface area contributed by atoms with Gasteiger partial charge in [-0.25, -0.2) is 0 Å². The zero-order valence-corrected chi connectivity index (χ0v) is 11.5. The molecule has 0 fully saturated rings. The van der Waals surface area contributed by atoms with Crippen molar-refractivity contribution in [3.05, 3.63) is 33.3 Å². The van der Waals surface area contributed by atoms with Crippen molar-refractivity contribution in [3.8, 4) is 0 Å². The number of rotatable bonds is 6. The van der Waals surface area contributed by atoms with Crippen molar-refractivity contribution in [1.29, 1.82) is 0 Å². The molecule has 1 aromatic rings. The van der Waals surface area contributed by atoms with Gasteiger partial charge in [-0.1, -0.05) is 17.7 Å². The molecule has 0 unspecified atom stereocenters. The van der Waals surface area contributed by atoms with Crippen LogP contribution in [0.5, 0.6) is 0 Å². The van der Waals surface area contributed by atoms with Gasteiger partial charge in [-0.05, 0) is 19.1 Å². The Balaban J connectivity index is 2.82. The number of hydrogen-bond donors (Lipinski definition) is 0. The zero-order chi connectivity index (χ0) is 14.4. The van der Waals surface area contributed by atoms with Crippen LogP contribution in [-0.4, -0.2) is 31.1 Å². The molecule has 1 rings (SSSR count). The number of carbonyl (C=O) groups is 1. The maximum Gasteiger partial charge on any atom is 0.310 e. The fourth-order valence-corrected chi connectivity index (χ4v) is 1.84. The minimum absolute atomic E-state index is 0.0745. The van der Waals surface area contributed by atoms with Crippen LogP contribution in [0.2, 0.25) is 5.02 Å². The van der Waals surface area contributed by atoms with Gasteiger partial charge in [0.1, 0.15) is 10.7 Å². The van der Waals surface area contributed by atoms with E-state index in [0.29, 0.717) is 18.8 Å². The fourth-order valence-electron chi connectivity index (χ4n) is 1.61. The van der Waals surface area contributed by atoms with Gasteiger partial charge in [0.2, 0.25) is 0 Å². The minimum atomic E-state index is -0.529. The Bertz CT molecular complexity index is 479. The predicted molar refractivity (Wildman–Crippen MR) is 72.6 cm³/mol. The summed E-state index contributed by atoms with van der Waals surface area (Å²) < 4.78 is 4.80. The Labute approximate surface area is 116 Å². The molecule has 0 radical (unpaired) electrons. The summed E-state index contributed by atoms with van der Waals surface area (Å²) in [4.78, 5) is 23.3. The monoisotopic (exact) mass is 286 g/mol. The van der Waals surface area contributed by atoms with Crippen LogP contribution in [0.1, 0.15) is 13.3 Å². The number of hydrogen-bond acceptors (Lipinski definition) is 5. The number of benzene rings is 1. The van der Waals surface area contributed by atoms with Gasteiger partial charge in [-0.15, -0.1) is 0 Å². The molecule has 0 aliphatic heterocycles. The Hall–Kier alpha value is -1.82. The molecule has 0 N–H and O–H groups in total. The highest BCUT2D eigenvalue weighted by molar-refractivity contribution is 6.33. The van der Waals surface area contributed by atoms with Gasteiger partial charge in [-0.3, -0.25) is 14.9 Å². The molecule has 0 aliphatic rings. The van der Waals surface area contributed by atoms with Gasteiger partial charge in [0, 0.05) is 13.6 Å². The molecule has 104 valence electrons. The van der Waals surface area contributed by atoms with Crippen molar-refractivity contribution >= 4 is 28.9 Å². The van der Waals surface area contributed by atoms with Crippen molar-refractivity contribution in [1.82, 2.24) is 0 Å². The molecule has 19 heavy (non-hydrogen) atoms. The third kappa shape index (κ3) is 4.10. The molecule has 0 spiro atoms. The Kier molecular flexibility index (Phi) is 5.57. The van der Waals surface area contributed by atoms with Crippen molar-refractivity contribution < 1.29 is 14.5 Å². The average molecular weight is 287 g/mol. The molecule has 6 nitrogen and oxygen atoms in total. The molecular weight excluding hydrogens is 272 g/mol. The van der Waals surface area contributed by atoms with Crippen LogP contribution >= 0.6 is 11.6 Å². The van der Waals surface area contributed by atoms with Crippen LogP contribution in [0.4, 0.5) is 11.4 Å². The Morgan fingerprint density at radius 3 is 2.79 bits per heavy atom. The van der Waals surface area contributed by atoms with Crippen molar-refractivity contribution in [3.63, 3.8) is 0 Å². The van der Waals surface area contributed by atoms with Gasteiger partial charge in [0.05, 0.1) is 18.0 Å². The first-order valence-corrected chi connectivity index (χ1v) is 6.14. The van der Waals surface area contributed by atoms with Crippen LogP contribution in [0.3, 0.4) is 0 Å². The average Bonchev–Trinajstić information content (AvgIpc) is 2.35. The van der Waals surface area contributed by atoms with Crippen LogP contribution in [0.15, 0.2) is 18.2 Å². The van der Waals surface area contributed by atoms with Gasteiger partial charge >= 0.3 is 11.7 Å². The molecule has 0 saturated heterocycles. The maximum absolute atomic E-state index is 11.3. The number of ether oxygens (including phenoxy) is 1.